The number of carbonyl (C=O) groups excluding carboxylic acids is 1. The van der Waals surface area contributed by atoms with Crippen LogP contribution in [0.15, 0.2) is 41.3 Å². The van der Waals surface area contributed by atoms with Gasteiger partial charge in [-0.15, -0.1) is 11.8 Å². The first kappa shape index (κ1) is 16.0. The number of amides is 1. The van der Waals surface area contributed by atoms with Crippen LogP contribution in [-0.4, -0.2) is 11.7 Å². The number of halogens is 2. The predicted molar refractivity (Wildman–Crippen MR) is 91.7 cm³/mol. The summed E-state index contributed by atoms with van der Waals surface area (Å²) >= 11 is 13.6. The number of nitrogens with two attached hydrogens (primary N) is 1. The van der Waals surface area contributed by atoms with Crippen molar-refractivity contribution in [2.45, 2.75) is 11.8 Å². The van der Waals surface area contributed by atoms with Crippen molar-refractivity contribution in [1.29, 1.82) is 0 Å². The molecule has 1 amide bonds. The number of nitrogens with one attached hydrogen (secondary N) is 1. The first-order valence-electron chi connectivity index (χ1n) is 6.30. The number of thioether (sulfide) groups is 1. The number of para-hydroxylation sites is 1. The van der Waals surface area contributed by atoms with Crippen LogP contribution in [0.4, 0.5) is 11.4 Å². The van der Waals surface area contributed by atoms with E-state index in [1.165, 1.54) is 12.1 Å². The molecule has 0 atom stereocenters. The van der Waals surface area contributed by atoms with E-state index in [0.717, 1.165) is 16.3 Å². The van der Waals surface area contributed by atoms with Gasteiger partial charge in [0.15, 0.2) is 0 Å². The van der Waals surface area contributed by atoms with Gasteiger partial charge in [0.25, 0.3) is 5.91 Å². The zero-order valence-electron chi connectivity index (χ0n) is 11.3. The lowest BCUT2D eigenvalue weighted by molar-refractivity contribution is 0.102. The second-order valence-corrected chi connectivity index (χ2v) is 6.36. The van der Waals surface area contributed by atoms with Crippen LogP contribution in [0.1, 0.15) is 17.3 Å². The number of benzene rings is 2. The third-order valence-electron chi connectivity index (χ3n) is 2.78. The van der Waals surface area contributed by atoms with Crippen LogP contribution in [0.25, 0.3) is 0 Å². The minimum Gasteiger partial charge on any atom is -0.396 e. The molecule has 0 saturated carbocycles. The van der Waals surface area contributed by atoms with Gasteiger partial charge >= 0.3 is 0 Å². The Kier molecular flexibility index (Phi) is 5.39. The molecule has 0 saturated heterocycles. The average molecular weight is 341 g/mol. The van der Waals surface area contributed by atoms with Crippen molar-refractivity contribution < 1.29 is 4.79 Å². The summed E-state index contributed by atoms with van der Waals surface area (Å²) in [6.45, 7) is 2.06. The molecular formula is C15H14Cl2N2OS. The Morgan fingerprint density at radius 1 is 1.24 bits per heavy atom. The summed E-state index contributed by atoms with van der Waals surface area (Å²) in [4.78, 5) is 13.3. The number of anilines is 2. The standard InChI is InChI=1S/C15H14Cl2N2OS/c1-2-21-13-6-4-3-5-12(13)19-15(20)9-7-10(16)14(18)11(17)8-9/h3-8H,2,18H2,1H3,(H,19,20). The maximum atomic E-state index is 12.3. The molecule has 2 rings (SSSR count). The normalized spacial score (nSPS) is 10.4. The second kappa shape index (κ2) is 7.07. The molecule has 0 fully saturated rings. The lowest BCUT2D eigenvalue weighted by Crippen LogP contribution is -2.13. The Hall–Kier alpha value is -1.36. The Balaban J connectivity index is 2.26. The molecule has 3 N–H and O–H groups in total. The molecular weight excluding hydrogens is 327 g/mol. The number of carbonyl (C=O) groups is 1. The summed E-state index contributed by atoms with van der Waals surface area (Å²) in [5, 5.41) is 3.40. The Bertz CT molecular complexity index is 653. The first-order valence-corrected chi connectivity index (χ1v) is 8.04. The summed E-state index contributed by atoms with van der Waals surface area (Å²) in [7, 11) is 0. The van der Waals surface area contributed by atoms with Gasteiger partial charge < -0.3 is 11.1 Å². The molecule has 0 heterocycles. The van der Waals surface area contributed by atoms with Crippen molar-refractivity contribution >= 4 is 52.2 Å². The van der Waals surface area contributed by atoms with E-state index in [-0.39, 0.29) is 21.6 Å². The molecule has 0 bridgehead atoms. The number of rotatable bonds is 4. The number of hydrogen-bond donors (Lipinski definition) is 2. The lowest BCUT2D eigenvalue weighted by Gasteiger charge is -2.11. The van der Waals surface area contributed by atoms with E-state index in [9.17, 15) is 4.79 Å². The Labute approximate surface area is 137 Å². The minimum atomic E-state index is -0.275. The van der Waals surface area contributed by atoms with E-state index >= 15 is 0 Å². The SMILES string of the molecule is CCSc1ccccc1NC(=O)c1cc(Cl)c(N)c(Cl)c1. The fourth-order valence-corrected chi connectivity index (χ4v) is 3.01. The topological polar surface area (TPSA) is 55.1 Å². The van der Waals surface area contributed by atoms with Crippen molar-refractivity contribution in [2.75, 3.05) is 16.8 Å². The van der Waals surface area contributed by atoms with Crippen LogP contribution in [0.5, 0.6) is 0 Å². The molecule has 110 valence electrons. The van der Waals surface area contributed by atoms with Crippen LogP contribution in [0.2, 0.25) is 10.0 Å². The number of nitrogen functional groups attached to an aromatic ring is 1. The van der Waals surface area contributed by atoms with Gasteiger partial charge in [-0.3, -0.25) is 4.79 Å². The fraction of sp³-hybridized carbons (Fsp3) is 0.133. The first-order chi connectivity index (χ1) is 10.0. The van der Waals surface area contributed by atoms with Crippen LogP contribution < -0.4 is 11.1 Å². The Morgan fingerprint density at radius 2 is 1.86 bits per heavy atom. The van der Waals surface area contributed by atoms with E-state index in [4.69, 9.17) is 28.9 Å². The molecule has 0 aromatic heterocycles. The highest BCUT2D eigenvalue weighted by Gasteiger charge is 2.13. The molecule has 0 aliphatic carbocycles. The molecule has 0 radical (unpaired) electrons. The maximum absolute atomic E-state index is 12.3. The molecule has 2 aromatic carbocycles. The van der Waals surface area contributed by atoms with E-state index in [0.29, 0.717) is 5.56 Å². The second-order valence-electron chi connectivity index (χ2n) is 4.24. The summed E-state index contributed by atoms with van der Waals surface area (Å²) in [5.41, 5.74) is 7.08. The number of hydrogen-bond acceptors (Lipinski definition) is 3. The maximum Gasteiger partial charge on any atom is 0.255 e. The van der Waals surface area contributed by atoms with Crippen molar-refractivity contribution in [3.63, 3.8) is 0 Å². The molecule has 21 heavy (non-hydrogen) atoms. The molecule has 0 aliphatic heterocycles. The Morgan fingerprint density at radius 3 is 2.48 bits per heavy atom. The third kappa shape index (κ3) is 3.84. The van der Waals surface area contributed by atoms with Gasteiger partial charge in [-0.1, -0.05) is 42.3 Å². The predicted octanol–water partition coefficient (Wildman–Crippen LogP) is 4.94. The monoisotopic (exact) mass is 340 g/mol. The van der Waals surface area contributed by atoms with Gasteiger partial charge in [0.05, 0.1) is 21.4 Å². The zero-order valence-corrected chi connectivity index (χ0v) is 13.6. The van der Waals surface area contributed by atoms with Crippen molar-refractivity contribution in [1.82, 2.24) is 0 Å². The highest BCUT2D eigenvalue weighted by molar-refractivity contribution is 7.99. The molecule has 0 aliphatic rings. The van der Waals surface area contributed by atoms with Gasteiger partial charge in [-0.05, 0) is 30.0 Å². The van der Waals surface area contributed by atoms with Gasteiger partial charge in [0.2, 0.25) is 0 Å². The molecule has 3 nitrogen and oxygen atoms in total. The van der Waals surface area contributed by atoms with Crippen molar-refractivity contribution in [3.8, 4) is 0 Å². The van der Waals surface area contributed by atoms with E-state index in [2.05, 4.69) is 12.2 Å². The van der Waals surface area contributed by atoms with Crippen LogP contribution in [-0.2, 0) is 0 Å². The zero-order chi connectivity index (χ0) is 15.4. The van der Waals surface area contributed by atoms with Gasteiger partial charge in [-0.2, -0.15) is 0 Å². The van der Waals surface area contributed by atoms with E-state index < -0.39 is 0 Å². The molecule has 0 unspecified atom stereocenters. The van der Waals surface area contributed by atoms with E-state index in [1.807, 2.05) is 24.3 Å². The fourth-order valence-electron chi connectivity index (χ4n) is 1.76. The van der Waals surface area contributed by atoms with Gasteiger partial charge in [0.1, 0.15) is 0 Å². The highest BCUT2D eigenvalue weighted by atomic mass is 35.5. The van der Waals surface area contributed by atoms with Crippen molar-refractivity contribution in [3.05, 3.63) is 52.0 Å². The minimum absolute atomic E-state index is 0.267. The summed E-state index contributed by atoms with van der Waals surface area (Å²) in [6.07, 6.45) is 0. The third-order valence-corrected chi connectivity index (χ3v) is 4.36. The molecule has 2 aromatic rings. The van der Waals surface area contributed by atoms with Crippen LogP contribution >= 0.6 is 35.0 Å². The smallest absolute Gasteiger partial charge is 0.255 e. The van der Waals surface area contributed by atoms with Crippen LogP contribution in [0, 0.1) is 0 Å². The van der Waals surface area contributed by atoms with E-state index in [1.54, 1.807) is 11.8 Å². The van der Waals surface area contributed by atoms with Crippen molar-refractivity contribution in [2.24, 2.45) is 0 Å². The summed E-state index contributed by atoms with van der Waals surface area (Å²) in [5.74, 6) is 0.648. The van der Waals surface area contributed by atoms with Gasteiger partial charge in [0, 0.05) is 10.5 Å². The quantitative estimate of drug-likeness (QED) is 0.612. The van der Waals surface area contributed by atoms with Gasteiger partial charge in [-0.25, -0.2) is 0 Å². The summed E-state index contributed by atoms with van der Waals surface area (Å²) < 4.78 is 0. The largest absolute Gasteiger partial charge is 0.396 e. The average Bonchev–Trinajstić information content (AvgIpc) is 2.46. The highest BCUT2D eigenvalue weighted by Crippen LogP contribution is 2.30. The van der Waals surface area contributed by atoms with Crippen LogP contribution in [0.3, 0.4) is 0 Å². The summed E-state index contributed by atoms with van der Waals surface area (Å²) in [6, 6.07) is 10.6. The molecule has 6 heteroatoms. The lowest BCUT2D eigenvalue weighted by atomic mass is 10.2. The molecule has 0 spiro atoms.